The van der Waals surface area contributed by atoms with Crippen molar-refractivity contribution >= 4 is 27.2 Å². The van der Waals surface area contributed by atoms with Gasteiger partial charge in [0.15, 0.2) is 5.82 Å². The second-order valence-corrected chi connectivity index (χ2v) is 9.20. The van der Waals surface area contributed by atoms with Gasteiger partial charge in [-0.2, -0.15) is 18.2 Å². The highest BCUT2D eigenvalue weighted by Crippen LogP contribution is 2.27. The Labute approximate surface area is 181 Å². The van der Waals surface area contributed by atoms with Crippen LogP contribution in [-0.4, -0.2) is 54.2 Å². The van der Waals surface area contributed by atoms with Gasteiger partial charge < -0.3 is 10.1 Å². The van der Waals surface area contributed by atoms with Crippen LogP contribution in [0.2, 0.25) is 0 Å². The minimum Gasteiger partial charge on any atom is -0.497 e. The van der Waals surface area contributed by atoms with Crippen molar-refractivity contribution in [2.45, 2.75) is 25.9 Å². The molecule has 1 fully saturated rings. The number of nitrogens with two attached hydrogens (primary N) is 1. The smallest absolute Gasteiger partial charge is 0.274 e. The number of likely N-dealkylation sites (tertiary alicyclic amines) is 1. The van der Waals surface area contributed by atoms with Crippen molar-refractivity contribution < 1.29 is 13.2 Å². The number of benzene rings is 1. The molecule has 0 radical (unpaired) electrons. The lowest BCUT2D eigenvalue weighted by Gasteiger charge is -2.36. The SMILES string of the molecule is COc1cccc(Nc2ncnn3ccc(CN4CC[C@@H](C)C(NS(N)(=O)=O)C4)c23)c1. The molecular formula is C20H27N7O3S. The Bertz CT molecular complexity index is 1160. The third-order valence-corrected chi connectivity index (χ3v) is 6.25. The number of hydrogen-bond donors (Lipinski definition) is 3. The number of nitrogens with one attached hydrogen (secondary N) is 2. The summed E-state index contributed by atoms with van der Waals surface area (Å²) in [6.45, 7) is 4.14. The predicted molar refractivity (Wildman–Crippen MR) is 118 cm³/mol. The Balaban J connectivity index is 1.57. The Morgan fingerprint density at radius 1 is 1.32 bits per heavy atom. The molecule has 2 atom stereocenters. The zero-order valence-electron chi connectivity index (χ0n) is 17.5. The van der Waals surface area contributed by atoms with Crippen molar-refractivity contribution in [2.75, 3.05) is 25.5 Å². The molecule has 0 amide bonds. The van der Waals surface area contributed by atoms with E-state index < -0.39 is 10.2 Å². The lowest BCUT2D eigenvalue weighted by molar-refractivity contribution is 0.155. The molecule has 0 saturated carbocycles. The lowest BCUT2D eigenvalue weighted by atomic mass is 9.94. The Kier molecular flexibility index (Phi) is 6.10. The number of piperidine rings is 1. The van der Waals surface area contributed by atoms with E-state index in [1.165, 1.54) is 6.33 Å². The molecule has 3 heterocycles. The summed E-state index contributed by atoms with van der Waals surface area (Å²) in [6, 6.07) is 9.43. The maximum atomic E-state index is 11.5. The number of nitrogens with zero attached hydrogens (tertiary/aromatic N) is 4. The quantitative estimate of drug-likeness (QED) is 0.503. The minimum absolute atomic E-state index is 0.217. The Morgan fingerprint density at radius 3 is 2.94 bits per heavy atom. The van der Waals surface area contributed by atoms with Gasteiger partial charge >= 0.3 is 0 Å². The number of ether oxygens (including phenoxy) is 1. The molecule has 0 spiro atoms. The predicted octanol–water partition coefficient (Wildman–Crippen LogP) is 1.48. The van der Waals surface area contributed by atoms with E-state index in [4.69, 9.17) is 9.88 Å². The van der Waals surface area contributed by atoms with Gasteiger partial charge in [0.1, 0.15) is 17.6 Å². The zero-order chi connectivity index (χ0) is 22.0. The summed E-state index contributed by atoms with van der Waals surface area (Å²) in [5, 5.41) is 12.9. The third kappa shape index (κ3) is 5.13. The molecule has 4 N–H and O–H groups in total. The van der Waals surface area contributed by atoms with Gasteiger partial charge in [0.05, 0.1) is 7.11 Å². The molecule has 1 unspecified atom stereocenters. The summed E-state index contributed by atoms with van der Waals surface area (Å²) in [4.78, 5) is 6.67. The molecule has 31 heavy (non-hydrogen) atoms. The monoisotopic (exact) mass is 445 g/mol. The third-order valence-electron chi connectivity index (χ3n) is 5.62. The number of rotatable bonds is 7. The van der Waals surface area contributed by atoms with Crippen molar-refractivity contribution in [1.29, 1.82) is 0 Å². The molecule has 1 saturated heterocycles. The normalized spacial score (nSPS) is 20.1. The van der Waals surface area contributed by atoms with E-state index in [-0.39, 0.29) is 12.0 Å². The van der Waals surface area contributed by atoms with Crippen LogP contribution in [0.15, 0.2) is 42.9 Å². The molecule has 4 rings (SSSR count). The molecule has 1 aliphatic heterocycles. The summed E-state index contributed by atoms with van der Waals surface area (Å²) in [7, 11) is -2.12. The molecule has 0 bridgehead atoms. The van der Waals surface area contributed by atoms with Crippen LogP contribution in [-0.2, 0) is 16.8 Å². The van der Waals surface area contributed by atoms with Gasteiger partial charge in [0.25, 0.3) is 10.2 Å². The highest BCUT2D eigenvalue weighted by molar-refractivity contribution is 7.87. The standard InChI is InChI=1S/C20H27N7O3S/c1-14-6-8-26(12-18(14)25-31(21,28)29)11-15-7-9-27-19(15)20(22-13-23-27)24-16-4-3-5-17(10-16)30-2/h3-5,7,9-10,13-14,18,25H,6,8,11-12H2,1-2H3,(H2,21,28,29)(H,22,23,24)/t14-,18?/m1/s1. The average Bonchev–Trinajstić information content (AvgIpc) is 3.13. The molecule has 10 nitrogen and oxygen atoms in total. The minimum atomic E-state index is -3.74. The Morgan fingerprint density at radius 2 is 2.16 bits per heavy atom. The molecule has 0 aliphatic carbocycles. The highest BCUT2D eigenvalue weighted by Gasteiger charge is 2.29. The van der Waals surface area contributed by atoms with Crippen LogP contribution in [0, 0.1) is 5.92 Å². The van der Waals surface area contributed by atoms with Crippen LogP contribution >= 0.6 is 0 Å². The number of fused-ring (bicyclic) bond motifs is 1. The van der Waals surface area contributed by atoms with Gasteiger partial charge in [-0.3, -0.25) is 4.90 Å². The van der Waals surface area contributed by atoms with E-state index in [0.717, 1.165) is 35.5 Å². The summed E-state index contributed by atoms with van der Waals surface area (Å²) in [6.07, 6.45) is 4.29. The van der Waals surface area contributed by atoms with E-state index in [0.29, 0.717) is 18.9 Å². The largest absolute Gasteiger partial charge is 0.497 e. The van der Waals surface area contributed by atoms with E-state index >= 15 is 0 Å². The fraction of sp³-hybridized carbons (Fsp3) is 0.400. The molecule has 3 aromatic rings. The molecule has 11 heteroatoms. The van der Waals surface area contributed by atoms with Crippen LogP contribution in [0.3, 0.4) is 0 Å². The summed E-state index contributed by atoms with van der Waals surface area (Å²) >= 11 is 0. The van der Waals surface area contributed by atoms with Crippen LogP contribution in [0.4, 0.5) is 11.5 Å². The maximum absolute atomic E-state index is 11.5. The van der Waals surface area contributed by atoms with Gasteiger partial charge in [-0.15, -0.1) is 0 Å². The average molecular weight is 446 g/mol. The van der Waals surface area contributed by atoms with Crippen molar-refractivity contribution in [3.8, 4) is 5.75 Å². The van der Waals surface area contributed by atoms with Crippen LogP contribution in [0.5, 0.6) is 5.75 Å². The highest BCUT2D eigenvalue weighted by atomic mass is 32.2. The van der Waals surface area contributed by atoms with Gasteiger partial charge in [0.2, 0.25) is 0 Å². The van der Waals surface area contributed by atoms with Gasteiger partial charge in [-0.25, -0.2) is 14.6 Å². The van der Waals surface area contributed by atoms with E-state index in [2.05, 4.69) is 25.0 Å². The van der Waals surface area contributed by atoms with Crippen molar-refractivity contribution in [3.63, 3.8) is 0 Å². The summed E-state index contributed by atoms with van der Waals surface area (Å²) in [5.41, 5.74) is 2.78. The van der Waals surface area contributed by atoms with Crippen molar-refractivity contribution in [3.05, 3.63) is 48.4 Å². The topological polar surface area (TPSA) is 127 Å². The first-order chi connectivity index (χ1) is 14.8. The number of methoxy groups -OCH3 is 1. The van der Waals surface area contributed by atoms with E-state index in [9.17, 15) is 8.42 Å². The van der Waals surface area contributed by atoms with Crippen LogP contribution < -0.4 is 19.9 Å². The second-order valence-electron chi connectivity index (χ2n) is 7.87. The fourth-order valence-electron chi connectivity index (χ4n) is 3.96. The first kappa shape index (κ1) is 21.5. The first-order valence-electron chi connectivity index (χ1n) is 10.1. The van der Waals surface area contributed by atoms with Crippen LogP contribution in [0.25, 0.3) is 5.52 Å². The molecule has 2 aromatic heterocycles. The van der Waals surface area contributed by atoms with Crippen LogP contribution in [0.1, 0.15) is 18.9 Å². The number of hydrogen-bond acceptors (Lipinski definition) is 7. The zero-order valence-corrected chi connectivity index (χ0v) is 18.3. The lowest BCUT2D eigenvalue weighted by Crippen LogP contribution is -2.52. The van der Waals surface area contributed by atoms with Gasteiger partial charge in [-0.1, -0.05) is 13.0 Å². The summed E-state index contributed by atoms with van der Waals surface area (Å²) in [5.74, 6) is 1.66. The maximum Gasteiger partial charge on any atom is 0.274 e. The second kappa shape index (κ2) is 8.79. The number of aromatic nitrogens is 3. The first-order valence-corrected chi connectivity index (χ1v) is 11.6. The van der Waals surface area contributed by atoms with E-state index in [1.54, 1.807) is 11.6 Å². The van der Waals surface area contributed by atoms with Crippen molar-refractivity contribution in [1.82, 2.24) is 24.2 Å². The van der Waals surface area contributed by atoms with Crippen molar-refractivity contribution in [2.24, 2.45) is 11.1 Å². The van der Waals surface area contributed by atoms with Gasteiger partial charge in [-0.05, 0) is 42.6 Å². The fourth-order valence-corrected chi connectivity index (χ4v) is 4.69. The molecule has 166 valence electrons. The van der Waals surface area contributed by atoms with E-state index in [1.807, 2.05) is 43.5 Å². The number of anilines is 2. The molecule has 1 aromatic carbocycles. The molecular weight excluding hydrogens is 418 g/mol. The van der Waals surface area contributed by atoms with Gasteiger partial charge in [0, 0.05) is 37.1 Å². The Hall–Kier alpha value is -2.73. The molecule has 1 aliphatic rings. The summed E-state index contributed by atoms with van der Waals surface area (Å²) < 4.78 is 32.7.